The number of ether oxygens (including phenoxy) is 2. The summed E-state index contributed by atoms with van der Waals surface area (Å²) in [5.74, 6) is 0.952. The molecule has 0 aliphatic rings. The number of hydrogen-bond acceptors (Lipinski definition) is 9. The van der Waals surface area contributed by atoms with E-state index in [1.807, 2.05) is 0 Å². The van der Waals surface area contributed by atoms with Gasteiger partial charge in [-0.25, -0.2) is 8.42 Å². The average Bonchev–Trinajstić information content (AvgIpc) is 3.06. The van der Waals surface area contributed by atoms with Crippen molar-refractivity contribution in [2.24, 2.45) is 0 Å². The van der Waals surface area contributed by atoms with Crippen LogP contribution in [0.3, 0.4) is 0 Å². The van der Waals surface area contributed by atoms with Crippen LogP contribution in [0, 0.1) is 0 Å². The number of phenols is 1. The summed E-state index contributed by atoms with van der Waals surface area (Å²) >= 11 is 0. The van der Waals surface area contributed by atoms with E-state index in [4.69, 9.17) is 9.47 Å². The smallest absolute Gasteiger partial charge is 0.870 e. The van der Waals surface area contributed by atoms with Crippen LogP contribution in [0.2, 0.25) is 0 Å². The Bertz CT molecular complexity index is 1740. The van der Waals surface area contributed by atoms with E-state index in [-0.39, 0.29) is 70.5 Å². The van der Waals surface area contributed by atoms with Crippen LogP contribution in [0.5, 0.6) is 34.5 Å². The molecule has 0 saturated heterocycles. The van der Waals surface area contributed by atoms with Gasteiger partial charge in [0.15, 0.2) is 11.5 Å². The molecule has 10 nitrogen and oxygen atoms in total. The van der Waals surface area contributed by atoms with Gasteiger partial charge in [0.2, 0.25) is 0 Å². The third kappa shape index (κ3) is 15.3. The fourth-order valence-electron chi connectivity index (χ4n) is 5.29. The molecule has 0 spiro atoms. The van der Waals surface area contributed by atoms with Gasteiger partial charge in [-0.2, -0.15) is 8.42 Å². The molecule has 0 aliphatic heterocycles. The van der Waals surface area contributed by atoms with Crippen LogP contribution in [0.15, 0.2) is 94.7 Å². The number of unbranched alkanes of at least 4 members (excludes halogenated alkanes) is 8. The van der Waals surface area contributed by atoms with E-state index < -0.39 is 20.2 Å². The number of hydrogen-bond donors (Lipinski definition) is 2. The number of aromatic hydroxyl groups is 1. The van der Waals surface area contributed by atoms with E-state index in [1.165, 1.54) is 42.5 Å². The molecule has 4 rings (SSSR count). The minimum Gasteiger partial charge on any atom is -0.870 e. The van der Waals surface area contributed by atoms with Gasteiger partial charge in [0.25, 0.3) is 10.1 Å². The molecular formula is C38H46CaO10S2. The van der Waals surface area contributed by atoms with Crippen LogP contribution in [0.25, 0.3) is 0 Å². The largest absolute Gasteiger partial charge is 2.00 e. The first kappa shape index (κ1) is 44.3. The zero-order chi connectivity index (χ0) is 36.6. The summed E-state index contributed by atoms with van der Waals surface area (Å²) in [7, 11) is -8.83. The van der Waals surface area contributed by atoms with Crippen molar-refractivity contribution >= 4 is 58.0 Å². The van der Waals surface area contributed by atoms with Gasteiger partial charge in [-0.05, 0) is 91.4 Å². The van der Waals surface area contributed by atoms with Gasteiger partial charge in [-0.3, -0.25) is 4.55 Å². The molecule has 0 bridgehead atoms. The van der Waals surface area contributed by atoms with Crippen LogP contribution in [0.4, 0.5) is 0 Å². The molecule has 4 aromatic carbocycles. The molecule has 272 valence electrons. The summed E-state index contributed by atoms with van der Waals surface area (Å²) in [5, 5.41) is 21.5. The Morgan fingerprint density at radius 3 is 1.55 bits per heavy atom. The molecule has 0 radical (unpaired) electrons. The van der Waals surface area contributed by atoms with Crippen LogP contribution >= 0.6 is 0 Å². The first-order valence-electron chi connectivity index (χ1n) is 16.9. The van der Waals surface area contributed by atoms with Crippen molar-refractivity contribution in [3.05, 3.63) is 96.1 Å². The molecule has 0 unspecified atom stereocenters. The summed E-state index contributed by atoms with van der Waals surface area (Å²) in [6.07, 6.45) is 11.4. The minimum absolute atomic E-state index is 0. The normalized spacial score (nSPS) is 11.2. The third-order valence-corrected chi connectivity index (χ3v) is 9.77. The number of phenolic OH excluding ortho intramolecular Hbond substituents is 1. The Morgan fingerprint density at radius 2 is 1.06 bits per heavy atom. The molecule has 0 aliphatic carbocycles. The molecule has 0 saturated carbocycles. The summed E-state index contributed by atoms with van der Waals surface area (Å²) in [6.45, 7) is 4.26. The van der Waals surface area contributed by atoms with Crippen molar-refractivity contribution < 1.29 is 45.6 Å². The molecule has 4 aromatic rings. The Morgan fingerprint density at radius 1 is 0.608 bits per heavy atom. The molecule has 0 aromatic heterocycles. The van der Waals surface area contributed by atoms with E-state index in [1.54, 1.807) is 42.5 Å². The summed E-state index contributed by atoms with van der Waals surface area (Å²) < 4.78 is 78.2. The number of aryl methyl sites for hydroxylation is 2. The number of para-hydroxylation sites is 4. The fourth-order valence-corrected chi connectivity index (χ4v) is 6.74. The maximum atomic E-state index is 11.7. The average molecular weight is 767 g/mol. The molecule has 51 heavy (non-hydrogen) atoms. The van der Waals surface area contributed by atoms with Gasteiger partial charge in [0, 0.05) is 0 Å². The van der Waals surface area contributed by atoms with Crippen molar-refractivity contribution in [2.45, 2.75) is 101 Å². The second-order valence-corrected chi connectivity index (χ2v) is 14.7. The molecule has 0 heterocycles. The van der Waals surface area contributed by atoms with E-state index in [0.717, 1.165) is 64.2 Å². The van der Waals surface area contributed by atoms with E-state index in [2.05, 4.69) is 13.8 Å². The monoisotopic (exact) mass is 766 g/mol. The molecule has 0 atom stereocenters. The first-order chi connectivity index (χ1) is 23.8. The Kier molecular flexibility index (Phi) is 19.4. The van der Waals surface area contributed by atoms with Crippen LogP contribution in [-0.4, -0.2) is 68.8 Å². The third-order valence-electron chi connectivity index (χ3n) is 7.88. The predicted octanol–water partition coefficient (Wildman–Crippen LogP) is 8.53. The second-order valence-electron chi connectivity index (χ2n) is 11.9. The Labute approximate surface area is 332 Å². The minimum atomic E-state index is -4.55. The topological polar surface area (TPSA) is 173 Å². The van der Waals surface area contributed by atoms with Crippen LogP contribution in [-0.2, 0) is 33.1 Å². The van der Waals surface area contributed by atoms with Crippen molar-refractivity contribution in [3.63, 3.8) is 0 Å². The maximum Gasteiger partial charge on any atom is 2.00 e. The molecule has 2 N–H and O–H groups in total. The summed E-state index contributed by atoms with van der Waals surface area (Å²) in [6, 6.07) is 21.4. The zero-order valence-electron chi connectivity index (χ0n) is 29.3. The van der Waals surface area contributed by atoms with Crippen molar-refractivity contribution in [3.8, 4) is 34.5 Å². The van der Waals surface area contributed by atoms with E-state index in [0.29, 0.717) is 35.5 Å². The Balaban J connectivity index is 0.000000347. The molecular weight excluding hydrogens is 721 g/mol. The SMILES string of the molecule is CCCCCCCc1cc(Oc2ccccc2O)ccc1S(=O)(=O)O.CCCCCCCc1cc(Oc2ccccc2[O-])ccc1S(=O)(=O)[O-].[Ca+2]. The fraction of sp³-hybridized carbons (Fsp3) is 0.368. The Hall–Kier alpha value is -2.84. The van der Waals surface area contributed by atoms with Gasteiger partial charge >= 0.3 is 37.7 Å². The molecule has 0 fully saturated rings. The standard InChI is InChI=1S/2C19H24O5S.Ca/c2*1-2-3-4-5-6-9-15-14-16(12-13-19(15)25(21,22)23)24-18-11-8-7-10-17(18)20;/h2*7-8,10-14,20H,2-6,9H2,1H3,(H,21,22,23);/q;;+2/p-2. The van der Waals surface area contributed by atoms with E-state index >= 15 is 0 Å². The summed E-state index contributed by atoms with van der Waals surface area (Å²) in [5.41, 5.74) is 0.958. The second kappa shape index (κ2) is 22.3. The number of benzene rings is 4. The predicted molar refractivity (Wildman–Crippen MR) is 195 cm³/mol. The van der Waals surface area contributed by atoms with Crippen molar-refractivity contribution in [2.75, 3.05) is 0 Å². The first-order valence-corrected chi connectivity index (χ1v) is 19.8. The van der Waals surface area contributed by atoms with Crippen LogP contribution < -0.4 is 14.6 Å². The van der Waals surface area contributed by atoms with Crippen molar-refractivity contribution in [1.82, 2.24) is 0 Å². The maximum absolute atomic E-state index is 11.7. The zero-order valence-corrected chi connectivity index (χ0v) is 33.1. The van der Waals surface area contributed by atoms with Gasteiger partial charge in [-0.15, -0.1) is 0 Å². The molecule has 0 amide bonds. The summed E-state index contributed by atoms with van der Waals surface area (Å²) in [4.78, 5) is -0.307. The van der Waals surface area contributed by atoms with Gasteiger partial charge in [0.05, 0.1) is 9.79 Å². The van der Waals surface area contributed by atoms with Gasteiger partial charge < -0.3 is 24.2 Å². The van der Waals surface area contributed by atoms with Gasteiger partial charge in [-0.1, -0.05) is 101 Å². The quantitative estimate of drug-likeness (QED) is 0.0568. The van der Waals surface area contributed by atoms with Crippen molar-refractivity contribution in [1.29, 1.82) is 0 Å². The van der Waals surface area contributed by atoms with E-state index in [9.17, 15) is 36.2 Å². The van der Waals surface area contributed by atoms with Crippen LogP contribution in [0.1, 0.15) is 89.2 Å². The molecule has 13 heteroatoms. The van der Waals surface area contributed by atoms with Gasteiger partial charge in [0.1, 0.15) is 27.4 Å². The number of rotatable bonds is 18.